The smallest absolute Gasteiger partial charge is 0.319 e. The van der Waals surface area contributed by atoms with Crippen molar-refractivity contribution < 1.29 is 19.0 Å². The van der Waals surface area contributed by atoms with Crippen LogP contribution in [0, 0.1) is 5.41 Å². The molecule has 0 bridgehead atoms. The molecule has 15 heavy (non-hydrogen) atoms. The summed E-state index contributed by atoms with van der Waals surface area (Å²) in [6, 6.07) is 0. The van der Waals surface area contributed by atoms with Crippen molar-refractivity contribution in [3.05, 3.63) is 12.5 Å². The Labute approximate surface area is 89.2 Å². The van der Waals surface area contributed by atoms with Crippen molar-refractivity contribution in [3.8, 4) is 0 Å². The zero-order valence-corrected chi connectivity index (χ0v) is 9.12. The Hall–Kier alpha value is -1.19. The Morgan fingerprint density at radius 2 is 2.00 bits per heavy atom. The van der Waals surface area contributed by atoms with Gasteiger partial charge in [0, 0.05) is 6.42 Å². The fourth-order valence-corrected chi connectivity index (χ4v) is 2.28. The summed E-state index contributed by atoms with van der Waals surface area (Å²) < 4.78 is 15.9. The minimum absolute atomic E-state index is 0.223. The van der Waals surface area contributed by atoms with E-state index in [1.807, 2.05) is 6.92 Å². The van der Waals surface area contributed by atoms with Crippen molar-refractivity contribution in [2.75, 3.05) is 7.11 Å². The van der Waals surface area contributed by atoms with Gasteiger partial charge in [-0.1, -0.05) is 6.92 Å². The van der Waals surface area contributed by atoms with Crippen LogP contribution in [0.3, 0.4) is 0 Å². The summed E-state index contributed by atoms with van der Waals surface area (Å²) in [5.74, 6) is -1.03. The molecule has 0 aromatic rings. The highest BCUT2D eigenvalue weighted by Gasteiger charge is 2.69. The summed E-state index contributed by atoms with van der Waals surface area (Å²) in [6.45, 7) is 2.04. The first-order chi connectivity index (χ1) is 7.21. The van der Waals surface area contributed by atoms with Crippen molar-refractivity contribution in [2.45, 2.75) is 38.4 Å². The molecule has 1 heterocycles. The molecule has 0 aromatic heterocycles. The van der Waals surface area contributed by atoms with Crippen LogP contribution in [0.2, 0.25) is 0 Å². The van der Waals surface area contributed by atoms with Gasteiger partial charge in [0.05, 0.1) is 7.11 Å². The van der Waals surface area contributed by atoms with Crippen molar-refractivity contribution in [3.63, 3.8) is 0 Å². The van der Waals surface area contributed by atoms with E-state index in [0.29, 0.717) is 6.42 Å². The maximum atomic E-state index is 11.8. The van der Waals surface area contributed by atoms with Gasteiger partial charge in [-0.25, -0.2) is 0 Å². The number of esters is 1. The lowest BCUT2D eigenvalue weighted by molar-refractivity contribution is -0.211. The summed E-state index contributed by atoms with van der Waals surface area (Å²) in [6.07, 6.45) is 6.19. The van der Waals surface area contributed by atoms with E-state index in [1.54, 1.807) is 0 Å². The van der Waals surface area contributed by atoms with Gasteiger partial charge in [-0.3, -0.25) is 4.79 Å². The second-order valence-electron chi connectivity index (χ2n) is 4.08. The lowest BCUT2D eigenvalue weighted by atomic mass is 9.91. The molecule has 4 heteroatoms. The van der Waals surface area contributed by atoms with Gasteiger partial charge in [0.1, 0.15) is 17.9 Å². The topological polar surface area (TPSA) is 44.8 Å². The van der Waals surface area contributed by atoms with Gasteiger partial charge >= 0.3 is 5.97 Å². The average molecular weight is 212 g/mol. The van der Waals surface area contributed by atoms with Crippen LogP contribution in [0.15, 0.2) is 12.5 Å². The molecule has 1 fully saturated rings. The molecule has 2 aliphatic rings. The van der Waals surface area contributed by atoms with Crippen LogP contribution in [0.5, 0.6) is 0 Å². The normalized spacial score (nSPS) is 24.1. The van der Waals surface area contributed by atoms with Crippen LogP contribution in [0.4, 0.5) is 0 Å². The van der Waals surface area contributed by atoms with Gasteiger partial charge in [-0.15, -0.1) is 0 Å². The number of carbonyl (C=O) groups excluding carboxylic acids is 1. The highest BCUT2D eigenvalue weighted by molar-refractivity contribution is 5.81. The van der Waals surface area contributed by atoms with E-state index in [4.69, 9.17) is 14.2 Å². The second kappa shape index (κ2) is 3.43. The molecular formula is C11H16O4. The summed E-state index contributed by atoms with van der Waals surface area (Å²) in [5.41, 5.74) is -0.582. The molecule has 0 aromatic carbocycles. The minimum atomic E-state index is -0.811. The largest absolute Gasteiger partial charge is 0.468 e. The Morgan fingerprint density at radius 1 is 1.40 bits per heavy atom. The molecule has 84 valence electrons. The Morgan fingerprint density at radius 3 is 2.40 bits per heavy atom. The number of hydrogen-bond acceptors (Lipinski definition) is 4. The highest BCUT2D eigenvalue weighted by atomic mass is 16.7. The van der Waals surface area contributed by atoms with Gasteiger partial charge in [0.15, 0.2) is 0 Å². The van der Waals surface area contributed by atoms with Crippen LogP contribution in [0.25, 0.3) is 0 Å². The Kier molecular flexibility index (Phi) is 2.37. The summed E-state index contributed by atoms with van der Waals surface area (Å²) in [5, 5.41) is 0. The van der Waals surface area contributed by atoms with Crippen LogP contribution in [-0.2, 0) is 19.0 Å². The second-order valence-corrected chi connectivity index (χ2v) is 4.08. The molecule has 0 amide bonds. The van der Waals surface area contributed by atoms with Crippen LogP contribution in [0.1, 0.15) is 32.6 Å². The van der Waals surface area contributed by atoms with Gasteiger partial charge < -0.3 is 14.2 Å². The molecule has 1 aliphatic carbocycles. The van der Waals surface area contributed by atoms with E-state index in [9.17, 15) is 4.79 Å². The molecule has 0 saturated heterocycles. The first-order valence-corrected chi connectivity index (χ1v) is 5.30. The molecular weight excluding hydrogens is 196 g/mol. The van der Waals surface area contributed by atoms with Crippen molar-refractivity contribution in [1.29, 1.82) is 0 Å². The van der Waals surface area contributed by atoms with E-state index in [-0.39, 0.29) is 5.97 Å². The standard InChI is InChI=1S/C11H16O4/c1-3-4-11(14-7-8-15-11)10(5-6-10)9(12)13-2/h7-8H,3-6H2,1-2H3. The van der Waals surface area contributed by atoms with Crippen LogP contribution < -0.4 is 0 Å². The first-order valence-electron chi connectivity index (χ1n) is 5.30. The zero-order chi connectivity index (χ0) is 10.9. The average Bonchev–Trinajstić information content (AvgIpc) is 2.94. The third kappa shape index (κ3) is 1.31. The molecule has 4 nitrogen and oxygen atoms in total. The molecule has 2 rings (SSSR count). The molecule has 0 spiro atoms. The van der Waals surface area contributed by atoms with E-state index in [1.165, 1.54) is 19.6 Å². The highest BCUT2D eigenvalue weighted by Crippen LogP contribution is 2.59. The Bertz CT molecular complexity index is 283. The predicted molar refractivity (Wildman–Crippen MR) is 52.6 cm³/mol. The van der Waals surface area contributed by atoms with E-state index in [2.05, 4.69) is 0 Å². The molecule has 0 atom stereocenters. The molecule has 0 radical (unpaired) electrons. The maximum Gasteiger partial charge on any atom is 0.319 e. The van der Waals surface area contributed by atoms with Crippen molar-refractivity contribution >= 4 is 5.97 Å². The lowest BCUT2D eigenvalue weighted by Gasteiger charge is -2.33. The van der Waals surface area contributed by atoms with E-state index < -0.39 is 11.2 Å². The number of methoxy groups -OCH3 is 1. The number of ether oxygens (including phenoxy) is 3. The third-order valence-electron chi connectivity index (χ3n) is 3.21. The van der Waals surface area contributed by atoms with Crippen molar-refractivity contribution in [2.24, 2.45) is 5.41 Å². The maximum absolute atomic E-state index is 11.8. The Balaban J connectivity index is 2.22. The number of carbonyl (C=O) groups is 1. The third-order valence-corrected chi connectivity index (χ3v) is 3.21. The van der Waals surface area contributed by atoms with E-state index >= 15 is 0 Å². The molecule has 0 unspecified atom stereocenters. The van der Waals surface area contributed by atoms with Crippen LogP contribution >= 0.6 is 0 Å². The monoisotopic (exact) mass is 212 g/mol. The van der Waals surface area contributed by atoms with Gasteiger partial charge in [0.2, 0.25) is 0 Å². The SMILES string of the molecule is CCCC1(C2(C(=O)OC)CC2)OC=CO1. The van der Waals surface area contributed by atoms with Gasteiger partial charge in [0.25, 0.3) is 5.79 Å². The number of hydrogen-bond donors (Lipinski definition) is 0. The lowest BCUT2D eigenvalue weighted by Crippen LogP contribution is -2.45. The van der Waals surface area contributed by atoms with Crippen LogP contribution in [-0.4, -0.2) is 18.9 Å². The zero-order valence-electron chi connectivity index (χ0n) is 9.12. The summed E-state index contributed by atoms with van der Waals surface area (Å²) in [4.78, 5) is 11.8. The summed E-state index contributed by atoms with van der Waals surface area (Å²) in [7, 11) is 1.41. The number of rotatable bonds is 4. The quantitative estimate of drug-likeness (QED) is 0.668. The van der Waals surface area contributed by atoms with Gasteiger partial charge in [-0.2, -0.15) is 0 Å². The minimum Gasteiger partial charge on any atom is -0.468 e. The van der Waals surface area contributed by atoms with Crippen molar-refractivity contribution in [1.82, 2.24) is 0 Å². The molecule has 1 aliphatic heterocycles. The first kappa shape index (κ1) is 10.3. The molecule has 0 N–H and O–H groups in total. The van der Waals surface area contributed by atoms with Gasteiger partial charge in [-0.05, 0) is 19.3 Å². The predicted octanol–water partition coefficient (Wildman–Crippen LogP) is 1.95. The fourth-order valence-electron chi connectivity index (χ4n) is 2.28. The van der Waals surface area contributed by atoms with E-state index in [0.717, 1.165) is 19.3 Å². The molecule has 1 saturated carbocycles. The summed E-state index contributed by atoms with van der Waals surface area (Å²) >= 11 is 0. The fraction of sp³-hybridized carbons (Fsp3) is 0.727.